The van der Waals surface area contributed by atoms with Gasteiger partial charge in [0.2, 0.25) is 11.8 Å². The summed E-state index contributed by atoms with van der Waals surface area (Å²) in [7, 11) is 1.72. The third-order valence-electron chi connectivity index (χ3n) is 4.52. The molecule has 0 saturated carbocycles. The molecule has 1 aromatic heterocycles. The molecule has 1 heterocycles. The molecule has 0 bridgehead atoms. The van der Waals surface area contributed by atoms with Crippen molar-refractivity contribution in [1.29, 1.82) is 0 Å². The maximum atomic E-state index is 12.9. The van der Waals surface area contributed by atoms with E-state index in [0.29, 0.717) is 0 Å². The summed E-state index contributed by atoms with van der Waals surface area (Å²) in [6.45, 7) is 0. The number of fused-ring (bicyclic) bond motifs is 1. The molecule has 1 atom stereocenters. The first-order chi connectivity index (χ1) is 12.5. The largest absolute Gasteiger partial charge is 0.370 e. The number of H-pyrrole nitrogens is 1. The van der Waals surface area contributed by atoms with Crippen LogP contribution in [0.2, 0.25) is 0 Å². The third-order valence-corrected chi connectivity index (χ3v) is 5.18. The van der Waals surface area contributed by atoms with E-state index in [9.17, 15) is 9.59 Å². The Morgan fingerprint density at radius 1 is 1.15 bits per heavy atom. The van der Waals surface area contributed by atoms with Gasteiger partial charge < -0.3 is 15.6 Å². The van der Waals surface area contributed by atoms with Gasteiger partial charge in [0.15, 0.2) is 0 Å². The van der Waals surface area contributed by atoms with Crippen molar-refractivity contribution in [2.24, 2.45) is 5.73 Å². The van der Waals surface area contributed by atoms with Crippen LogP contribution in [0.15, 0.2) is 59.2 Å². The van der Waals surface area contributed by atoms with E-state index in [2.05, 4.69) is 20.9 Å². The van der Waals surface area contributed by atoms with Crippen LogP contribution >= 0.6 is 15.9 Å². The summed E-state index contributed by atoms with van der Waals surface area (Å²) >= 11 is 3.55. The number of rotatable bonds is 6. The minimum atomic E-state index is -0.437. The summed E-state index contributed by atoms with van der Waals surface area (Å²) in [6, 6.07) is 15.0. The summed E-state index contributed by atoms with van der Waals surface area (Å²) in [5.74, 6) is -0.509. The monoisotopic (exact) mass is 413 g/mol. The molecule has 3 rings (SSSR count). The Balaban J connectivity index is 1.86. The molecule has 0 aliphatic heterocycles. The van der Waals surface area contributed by atoms with Crippen LogP contribution in [-0.2, 0) is 16.0 Å². The van der Waals surface area contributed by atoms with Gasteiger partial charge in [0.1, 0.15) is 0 Å². The number of halogens is 1. The lowest BCUT2D eigenvalue weighted by Crippen LogP contribution is -2.34. The first-order valence-electron chi connectivity index (χ1n) is 8.30. The summed E-state index contributed by atoms with van der Waals surface area (Å²) in [5, 5.41) is 1.00. The van der Waals surface area contributed by atoms with Crippen LogP contribution in [0.4, 0.5) is 0 Å². The second-order valence-electron chi connectivity index (χ2n) is 6.25. The van der Waals surface area contributed by atoms with Crippen molar-refractivity contribution in [3.05, 3.63) is 70.3 Å². The number of nitrogens with zero attached hydrogens (tertiary/aromatic N) is 1. The van der Waals surface area contributed by atoms with Crippen molar-refractivity contribution in [3.63, 3.8) is 0 Å². The highest BCUT2D eigenvalue weighted by Crippen LogP contribution is 2.29. The topological polar surface area (TPSA) is 79.2 Å². The maximum absolute atomic E-state index is 12.9. The van der Waals surface area contributed by atoms with Gasteiger partial charge >= 0.3 is 0 Å². The van der Waals surface area contributed by atoms with Crippen LogP contribution in [0.1, 0.15) is 23.6 Å². The third kappa shape index (κ3) is 3.80. The van der Waals surface area contributed by atoms with Crippen molar-refractivity contribution in [3.8, 4) is 0 Å². The summed E-state index contributed by atoms with van der Waals surface area (Å²) < 4.78 is 0.943. The van der Waals surface area contributed by atoms with Gasteiger partial charge in [0.25, 0.3) is 0 Å². The van der Waals surface area contributed by atoms with Crippen LogP contribution in [0.25, 0.3) is 10.9 Å². The van der Waals surface area contributed by atoms with Gasteiger partial charge in [0, 0.05) is 28.6 Å². The zero-order valence-electron chi connectivity index (χ0n) is 14.4. The van der Waals surface area contributed by atoms with Gasteiger partial charge in [-0.1, -0.05) is 52.3 Å². The van der Waals surface area contributed by atoms with Crippen molar-refractivity contribution < 1.29 is 9.59 Å². The van der Waals surface area contributed by atoms with Crippen LogP contribution in [0, 0.1) is 0 Å². The Bertz CT molecular complexity index is 937. The fraction of sp³-hybridized carbons (Fsp3) is 0.200. The van der Waals surface area contributed by atoms with E-state index in [0.717, 1.165) is 26.5 Å². The first kappa shape index (κ1) is 18.2. The van der Waals surface area contributed by atoms with Crippen molar-refractivity contribution >= 4 is 38.6 Å². The predicted molar refractivity (Wildman–Crippen MR) is 105 cm³/mol. The molecule has 5 nitrogen and oxygen atoms in total. The quantitative estimate of drug-likeness (QED) is 0.647. The molecular weight excluding hydrogens is 394 g/mol. The molecule has 134 valence electrons. The highest BCUT2D eigenvalue weighted by Gasteiger charge is 2.24. The van der Waals surface area contributed by atoms with Crippen LogP contribution in [0.5, 0.6) is 0 Å². The minimum absolute atomic E-state index is 0.0724. The van der Waals surface area contributed by atoms with Crippen LogP contribution < -0.4 is 5.73 Å². The number of nitrogens with two attached hydrogens (primary N) is 1. The number of nitrogens with one attached hydrogen (secondary N) is 1. The molecule has 2 aromatic carbocycles. The number of aromatic nitrogens is 1. The molecule has 0 spiro atoms. The van der Waals surface area contributed by atoms with Gasteiger partial charge in [-0.3, -0.25) is 9.59 Å². The van der Waals surface area contributed by atoms with Crippen molar-refractivity contribution in [2.45, 2.75) is 18.9 Å². The summed E-state index contributed by atoms with van der Waals surface area (Å²) in [4.78, 5) is 29.2. The highest BCUT2D eigenvalue weighted by atomic mass is 79.9. The second kappa shape index (κ2) is 7.74. The van der Waals surface area contributed by atoms with E-state index in [1.807, 2.05) is 54.7 Å². The van der Waals surface area contributed by atoms with Crippen LogP contribution in [0.3, 0.4) is 0 Å². The van der Waals surface area contributed by atoms with E-state index >= 15 is 0 Å². The number of primary amides is 1. The van der Waals surface area contributed by atoms with Crippen LogP contribution in [-0.4, -0.2) is 28.7 Å². The Hall–Kier alpha value is -2.60. The van der Waals surface area contributed by atoms with Crippen molar-refractivity contribution in [1.82, 2.24) is 9.88 Å². The molecule has 0 saturated heterocycles. The lowest BCUT2D eigenvalue weighted by atomic mass is 10.0. The Kier molecular flexibility index (Phi) is 5.42. The highest BCUT2D eigenvalue weighted by molar-refractivity contribution is 9.10. The molecule has 0 aliphatic rings. The number of hydrogen-bond donors (Lipinski definition) is 2. The van der Waals surface area contributed by atoms with Gasteiger partial charge in [-0.2, -0.15) is 0 Å². The summed E-state index contributed by atoms with van der Waals surface area (Å²) in [5.41, 5.74) is 8.19. The standard InChI is InChI=1S/C20H20BrN3O2/c1-24(17(11-18(22)25)13-6-3-2-4-7-13)19(26)10-14-12-23-16-9-5-8-15(21)20(14)16/h2-9,12,17,23H,10-11H2,1H3,(H2,22,25). The molecule has 0 radical (unpaired) electrons. The Morgan fingerprint density at radius 3 is 2.58 bits per heavy atom. The number of hydrogen-bond acceptors (Lipinski definition) is 2. The zero-order chi connectivity index (χ0) is 18.7. The first-order valence-corrected chi connectivity index (χ1v) is 9.10. The normalized spacial score (nSPS) is 12.1. The number of carbonyl (C=O) groups excluding carboxylic acids is 2. The molecule has 1 unspecified atom stereocenters. The average molecular weight is 414 g/mol. The number of likely N-dealkylation sites (N-methyl/N-ethyl adjacent to an activating group) is 1. The molecule has 0 aliphatic carbocycles. The molecule has 3 aromatic rings. The van der Waals surface area contributed by atoms with Gasteiger partial charge in [0.05, 0.1) is 18.9 Å². The fourth-order valence-corrected chi connectivity index (χ4v) is 3.77. The Labute approximate surface area is 160 Å². The van der Waals surface area contributed by atoms with E-state index in [-0.39, 0.29) is 24.8 Å². The maximum Gasteiger partial charge on any atom is 0.227 e. The van der Waals surface area contributed by atoms with Gasteiger partial charge in [-0.15, -0.1) is 0 Å². The number of aromatic amines is 1. The lowest BCUT2D eigenvalue weighted by molar-refractivity contribution is -0.132. The van der Waals surface area contributed by atoms with Gasteiger partial charge in [-0.05, 0) is 23.3 Å². The lowest BCUT2D eigenvalue weighted by Gasteiger charge is -2.28. The minimum Gasteiger partial charge on any atom is -0.370 e. The molecule has 3 N–H and O–H groups in total. The SMILES string of the molecule is CN(C(=O)Cc1c[nH]c2cccc(Br)c12)C(CC(N)=O)c1ccccc1. The second-order valence-corrected chi connectivity index (χ2v) is 7.11. The number of carbonyl (C=O) groups is 2. The summed E-state index contributed by atoms with van der Waals surface area (Å²) in [6.07, 6.45) is 2.18. The van der Waals surface area contributed by atoms with E-state index in [4.69, 9.17) is 5.73 Å². The average Bonchev–Trinajstić information content (AvgIpc) is 3.04. The smallest absolute Gasteiger partial charge is 0.227 e. The van der Waals surface area contributed by atoms with Gasteiger partial charge in [-0.25, -0.2) is 0 Å². The predicted octanol–water partition coefficient (Wildman–Crippen LogP) is 3.55. The molecular formula is C20H20BrN3O2. The molecule has 2 amide bonds. The fourth-order valence-electron chi connectivity index (χ4n) is 3.15. The zero-order valence-corrected chi connectivity index (χ0v) is 16.0. The number of benzene rings is 2. The Morgan fingerprint density at radius 2 is 1.88 bits per heavy atom. The molecule has 26 heavy (non-hydrogen) atoms. The van der Waals surface area contributed by atoms with E-state index in [1.165, 1.54) is 0 Å². The van der Waals surface area contributed by atoms with E-state index in [1.54, 1.807) is 11.9 Å². The van der Waals surface area contributed by atoms with E-state index < -0.39 is 5.91 Å². The molecule has 0 fully saturated rings. The number of amides is 2. The molecule has 6 heteroatoms. The van der Waals surface area contributed by atoms with Crippen molar-refractivity contribution in [2.75, 3.05) is 7.05 Å².